The molecule has 4 rings (SSSR count). The second kappa shape index (κ2) is 8.30. The molecule has 0 spiro atoms. The van der Waals surface area contributed by atoms with E-state index in [2.05, 4.69) is 47.6 Å². The minimum atomic E-state index is -0.209. The van der Waals surface area contributed by atoms with E-state index in [1.165, 1.54) is 32.1 Å². The van der Waals surface area contributed by atoms with Crippen LogP contribution < -0.4 is 0 Å². The monoisotopic (exact) mass is 428 g/mol. The van der Waals surface area contributed by atoms with Crippen LogP contribution >= 0.6 is 0 Å². The smallest absolute Gasteiger partial charge is 0.133 e. The van der Waals surface area contributed by atoms with E-state index in [-0.39, 0.29) is 22.3 Å². The highest BCUT2D eigenvalue weighted by molar-refractivity contribution is 5.79. The lowest BCUT2D eigenvalue weighted by Gasteiger charge is -2.62. The van der Waals surface area contributed by atoms with Crippen molar-refractivity contribution >= 4 is 5.78 Å². The summed E-state index contributed by atoms with van der Waals surface area (Å²) in [4.78, 5) is 12.2. The van der Waals surface area contributed by atoms with Gasteiger partial charge in [0.2, 0.25) is 0 Å². The second-order valence-electron chi connectivity index (χ2n) is 12.8. The number of hydrogen-bond donors (Lipinski definition) is 1. The molecular weight excluding hydrogens is 380 g/mol. The first-order chi connectivity index (χ1) is 14.6. The zero-order valence-electron chi connectivity index (χ0n) is 21.2. The maximum Gasteiger partial charge on any atom is 0.133 e. The number of allylic oxidation sites excluding steroid dienone is 1. The zero-order chi connectivity index (χ0) is 22.6. The van der Waals surface area contributed by atoms with Crippen molar-refractivity contribution in [2.45, 2.75) is 118 Å². The first-order valence-corrected chi connectivity index (χ1v) is 13.5. The molecule has 2 heteroatoms. The summed E-state index contributed by atoms with van der Waals surface area (Å²) < 4.78 is 0. The highest BCUT2D eigenvalue weighted by Crippen LogP contribution is 2.73. The number of Topliss-reactive ketones (excluding diaryl/α,β-unsaturated/α-hetero) is 1. The third kappa shape index (κ3) is 3.41. The minimum absolute atomic E-state index is 0.0532. The number of fused-ring (bicyclic) bond motifs is 5. The standard InChI is InChI=1S/C29H48O2/c1-7-29-24-12-11-21-17-22(30)13-15-27(21,5)23(24)14-16-28(29,6)25(18-26(29)31)20(4)10-8-9-19(2)3/h12,19-21,23,25-26,31H,7-11,13-18H2,1-6H3/t20-,21+,23+,25-,26+,27+,28-,29?/m1/s1. The molecular formula is C29H48O2. The van der Waals surface area contributed by atoms with Crippen molar-refractivity contribution in [1.82, 2.24) is 0 Å². The van der Waals surface area contributed by atoms with Gasteiger partial charge < -0.3 is 5.11 Å². The molecule has 0 aliphatic heterocycles. The Morgan fingerprint density at radius 1 is 1.16 bits per heavy atom. The Labute approximate surface area is 191 Å². The van der Waals surface area contributed by atoms with Crippen molar-refractivity contribution in [3.05, 3.63) is 11.6 Å². The first kappa shape index (κ1) is 23.5. The molecule has 0 heterocycles. The zero-order valence-corrected chi connectivity index (χ0v) is 21.2. The fraction of sp³-hybridized carbons (Fsp3) is 0.897. The summed E-state index contributed by atoms with van der Waals surface area (Å²) in [6, 6.07) is 0. The summed E-state index contributed by atoms with van der Waals surface area (Å²) in [6.07, 6.45) is 14.5. The highest BCUT2D eigenvalue weighted by Gasteiger charge is 2.68. The molecule has 176 valence electrons. The average Bonchev–Trinajstić information content (AvgIpc) is 2.95. The van der Waals surface area contributed by atoms with E-state index < -0.39 is 0 Å². The Kier molecular flexibility index (Phi) is 6.30. The molecule has 0 aromatic carbocycles. The lowest BCUT2D eigenvalue weighted by atomic mass is 9.42. The molecule has 3 fully saturated rings. The van der Waals surface area contributed by atoms with Crippen molar-refractivity contribution in [2.75, 3.05) is 0 Å². The third-order valence-corrected chi connectivity index (χ3v) is 11.2. The van der Waals surface area contributed by atoms with Crippen LogP contribution in [0.15, 0.2) is 11.6 Å². The maximum absolute atomic E-state index is 12.2. The number of ketones is 1. The molecule has 1 N–H and O–H groups in total. The summed E-state index contributed by atoms with van der Waals surface area (Å²) in [5, 5.41) is 11.7. The van der Waals surface area contributed by atoms with Gasteiger partial charge in [0.25, 0.3) is 0 Å². The normalized spacial score (nSPS) is 45.7. The molecule has 1 unspecified atom stereocenters. The number of aliphatic hydroxyl groups is 1. The topological polar surface area (TPSA) is 37.3 Å². The Morgan fingerprint density at radius 2 is 1.90 bits per heavy atom. The summed E-state index contributed by atoms with van der Waals surface area (Å²) in [5.74, 6) is 3.65. The van der Waals surface area contributed by atoms with E-state index in [0.29, 0.717) is 29.5 Å². The minimum Gasteiger partial charge on any atom is -0.392 e. The lowest BCUT2D eigenvalue weighted by Crippen LogP contribution is -2.56. The van der Waals surface area contributed by atoms with Gasteiger partial charge in [0.05, 0.1) is 6.10 Å². The molecule has 0 aromatic rings. The Bertz CT molecular complexity index is 722. The van der Waals surface area contributed by atoms with Gasteiger partial charge in [-0.15, -0.1) is 0 Å². The molecule has 0 bridgehead atoms. The number of carbonyl (C=O) groups is 1. The number of carbonyl (C=O) groups excluding carboxylic acids is 1. The summed E-state index contributed by atoms with van der Waals surface area (Å²) in [5.41, 5.74) is 2.01. The van der Waals surface area contributed by atoms with E-state index in [1.807, 2.05) is 0 Å². The predicted molar refractivity (Wildman–Crippen MR) is 129 cm³/mol. The van der Waals surface area contributed by atoms with Crippen molar-refractivity contribution in [1.29, 1.82) is 0 Å². The largest absolute Gasteiger partial charge is 0.392 e. The summed E-state index contributed by atoms with van der Waals surface area (Å²) >= 11 is 0. The van der Waals surface area contributed by atoms with Crippen LogP contribution in [-0.4, -0.2) is 17.0 Å². The van der Waals surface area contributed by atoms with Gasteiger partial charge in [0.1, 0.15) is 5.78 Å². The number of hydrogen-bond acceptors (Lipinski definition) is 2. The molecule has 0 amide bonds. The van der Waals surface area contributed by atoms with Gasteiger partial charge in [-0.1, -0.05) is 72.5 Å². The van der Waals surface area contributed by atoms with Gasteiger partial charge in [0, 0.05) is 18.3 Å². The molecule has 3 saturated carbocycles. The van der Waals surface area contributed by atoms with Crippen LogP contribution in [-0.2, 0) is 4.79 Å². The van der Waals surface area contributed by atoms with E-state index >= 15 is 0 Å². The van der Waals surface area contributed by atoms with E-state index in [0.717, 1.165) is 44.4 Å². The highest BCUT2D eigenvalue weighted by atomic mass is 16.3. The van der Waals surface area contributed by atoms with Gasteiger partial charge in [0.15, 0.2) is 0 Å². The van der Waals surface area contributed by atoms with E-state index in [1.54, 1.807) is 5.57 Å². The van der Waals surface area contributed by atoms with Crippen molar-refractivity contribution in [2.24, 2.45) is 45.8 Å². The first-order valence-electron chi connectivity index (χ1n) is 13.5. The molecule has 0 saturated heterocycles. The van der Waals surface area contributed by atoms with E-state index in [9.17, 15) is 9.90 Å². The SMILES string of the molecule is CCC12C3=CC[C@H]4CC(=O)CC[C@]4(C)[C@H]3CC[C@]1(C)[C@@H]([C@H](C)CCCC(C)C)C[C@@H]2O. The van der Waals surface area contributed by atoms with Gasteiger partial charge in [-0.25, -0.2) is 0 Å². The second-order valence-corrected chi connectivity index (χ2v) is 12.8. The Balaban J connectivity index is 1.66. The number of aliphatic hydroxyl groups excluding tert-OH is 1. The molecule has 8 atom stereocenters. The van der Waals surface area contributed by atoms with Gasteiger partial charge in [-0.2, -0.15) is 0 Å². The fourth-order valence-corrected chi connectivity index (χ4v) is 9.32. The predicted octanol–water partition coefficient (Wildman–Crippen LogP) is 7.35. The third-order valence-electron chi connectivity index (χ3n) is 11.2. The fourth-order valence-electron chi connectivity index (χ4n) is 9.32. The van der Waals surface area contributed by atoms with E-state index in [4.69, 9.17) is 0 Å². The number of rotatable bonds is 6. The van der Waals surface area contributed by atoms with Gasteiger partial charge >= 0.3 is 0 Å². The molecule has 4 aliphatic carbocycles. The Hall–Kier alpha value is -0.630. The van der Waals surface area contributed by atoms with Crippen LogP contribution in [0.5, 0.6) is 0 Å². The van der Waals surface area contributed by atoms with Gasteiger partial charge in [-0.05, 0) is 78.9 Å². The van der Waals surface area contributed by atoms with Gasteiger partial charge in [-0.3, -0.25) is 4.79 Å². The van der Waals surface area contributed by atoms with Crippen LogP contribution in [0.1, 0.15) is 112 Å². The van der Waals surface area contributed by atoms with Crippen molar-refractivity contribution < 1.29 is 9.90 Å². The Morgan fingerprint density at radius 3 is 2.58 bits per heavy atom. The average molecular weight is 429 g/mol. The molecule has 0 aromatic heterocycles. The summed E-state index contributed by atoms with van der Waals surface area (Å²) in [7, 11) is 0. The molecule has 2 nitrogen and oxygen atoms in total. The maximum atomic E-state index is 12.2. The quantitative estimate of drug-likeness (QED) is 0.449. The molecule has 0 radical (unpaired) electrons. The van der Waals surface area contributed by atoms with Crippen LogP contribution in [0.4, 0.5) is 0 Å². The lowest BCUT2D eigenvalue weighted by molar-refractivity contribution is -0.129. The van der Waals surface area contributed by atoms with Crippen LogP contribution in [0.3, 0.4) is 0 Å². The van der Waals surface area contributed by atoms with Crippen LogP contribution in [0.25, 0.3) is 0 Å². The van der Waals surface area contributed by atoms with Crippen LogP contribution in [0, 0.1) is 45.8 Å². The molecule has 4 aliphatic rings. The summed E-state index contributed by atoms with van der Waals surface area (Å²) in [6.45, 7) is 14.5. The molecule has 31 heavy (non-hydrogen) atoms. The van der Waals surface area contributed by atoms with Crippen molar-refractivity contribution in [3.63, 3.8) is 0 Å². The van der Waals surface area contributed by atoms with Crippen molar-refractivity contribution in [3.8, 4) is 0 Å². The van der Waals surface area contributed by atoms with Crippen LogP contribution in [0.2, 0.25) is 0 Å².